The Balaban J connectivity index is 1.56. The van der Waals surface area contributed by atoms with Crippen LogP contribution in [0.15, 0.2) is 0 Å². The van der Waals surface area contributed by atoms with Gasteiger partial charge in [0.15, 0.2) is 5.79 Å². The van der Waals surface area contributed by atoms with Gasteiger partial charge in [0.2, 0.25) is 0 Å². The Kier molecular flexibility index (Phi) is 4.23. The number of rotatable bonds is 5. The smallest absolute Gasteiger partial charge is 0.371 e. The van der Waals surface area contributed by atoms with Crippen molar-refractivity contribution >= 4 is 0 Å². The fourth-order valence-electron chi connectivity index (χ4n) is 3.67. The lowest BCUT2D eigenvalue weighted by atomic mass is 9.69. The lowest BCUT2D eigenvalue weighted by Crippen LogP contribution is -2.42. The van der Waals surface area contributed by atoms with Gasteiger partial charge in [0.25, 0.3) is 0 Å². The Morgan fingerprint density at radius 1 is 1.00 bits per heavy atom. The molecular formula is C15H23F3O3. The van der Waals surface area contributed by atoms with Crippen LogP contribution in [-0.4, -0.2) is 38.4 Å². The summed E-state index contributed by atoms with van der Waals surface area (Å²) in [6.07, 6.45) is 2.38. The quantitative estimate of drug-likeness (QED) is 0.775. The highest BCUT2D eigenvalue weighted by molar-refractivity contribution is 4.94. The highest BCUT2D eigenvalue weighted by atomic mass is 19.4. The second-order valence-corrected chi connectivity index (χ2v) is 6.86. The van der Waals surface area contributed by atoms with E-state index >= 15 is 0 Å². The number of ether oxygens (including phenoxy) is 3. The van der Waals surface area contributed by atoms with E-state index in [0.29, 0.717) is 19.1 Å². The van der Waals surface area contributed by atoms with Crippen molar-refractivity contribution in [3.8, 4) is 0 Å². The van der Waals surface area contributed by atoms with E-state index in [0.717, 1.165) is 32.1 Å². The predicted octanol–water partition coefficient (Wildman–Crippen LogP) is 3.67. The Hall–Kier alpha value is -0.330. The standard InChI is InChI=1S/C15H23F3O3/c16-15(17,18)11-19-10-13(9-12-1-2-12)3-5-14(6-4-13)20-7-8-21-14/h12H,1-11H2. The van der Waals surface area contributed by atoms with Crippen molar-refractivity contribution in [1.82, 2.24) is 0 Å². The normalized spacial score (nSPS) is 28.1. The molecule has 1 spiro atoms. The summed E-state index contributed by atoms with van der Waals surface area (Å²) in [5.41, 5.74) is -0.118. The van der Waals surface area contributed by atoms with Gasteiger partial charge in [-0.05, 0) is 30.6 Å². The van der Waals surface area contributed by atoms with E-state index < -0.39 is 18.6 Å². The highest BCUT2D eigenvalue weighted by Gasteiger charge is 2.48. The number of hydrogen-bond donors (Lipinski definition) is 0. The first-order chi connectivity index (χ1) is 9.91. The second kappa shape index (κ2) is 5.70. The average molecular weight is 308 g/mol. The molecular weight excluding hydrogens is 285 g/mol. The van der Waals surface area contributed by atoms with Crippen LogP contribution in [0.25, 0.3) is 0 Å². The first-order valence-corrected chi connectivity index (χ1v) is 7.83. The molecule has 122 valence electrons. The topological polar surface area (TPSA) is 27.7 Å². The van der Waals surface area contributed by atoms with Crippen LogP contribution in [0.1, 0.15) is 44.9 Å². The third kappa shape index (κ3) is 4.11. The van der Waals surface area contributed by atoms with Gasteiger partial charge >= 0.3 is 6.18 Å². The molecule has 3 fully saturated rings. The van der Waals surface area contributed by atoms with Crippen LogP contribution in [0, 0.1) is 11.3 Å². The summed E-state index contributed by atoms with van der Waals surface area (Å²) in [5.74, 6) is 0.218. The molecule has 2 aliphatic carbocycles. The van der Waals surface area contributed by atoms with Crippen LogP contribution in [0.3, 0.4) is 0 Å². The first kappa shape index (κ1) is 15.6. The minimum atomic E-state index is -4.24. The van der Waals surface area contributed by atoms with Crippen molar-refractivity contribution in [2.24, 2.45) is 11.3 Å². The SMILES string of the molecule is FC(F)(F)COCC1(CC2CC2)CCC2(CC1)OCCO2. The van der Waals surface area contributed by atoms with Crippen molar-refractivity contribution in [3.63, 3.8) is 0 Å². The molecule has 0 atom stereocenters. The molecule has 0 N–H and O–H groups in total. The van der Waals surface area contributed by atoms with Gasteiger partial charge in [0.1, 0.15) is 6.61 Å². The van der Waals surface area contributed by atoms with Crippen molar-refractivity contribution in [1.29, 1.82) is 0 Å². The molecule has 0 amide bonds. The van der Waals surface area contributed by atoms with Crippen molar-refractivity contribution in [2.45, 2.75) is 56.9 Å². The lowest BCUT2D eigenvalue weighted by Gasteiger charge is -2.43. The summed E-state index contributed by atoms with van der Waals surface area (Å²) in [7, 11) is 0. The number of alkyl halides is 3. The van der Waals surface area contributed by atoms with Crippen LogP contribution in [0.2, 0.25) is 0 Å². The third-order valence-electron chi connectivity index (χ3n) is 4.98. The van der Waals surface area contributed by atoms with Gasteiger partial charge in [-0.25, -0.2) is 0 Å². The lowest BCUT2D eigenvalue weighted by molar-refractivity contribution is -0.209. The van der Waals surface area contributed by atoms with Gasteiger partial charge in [0.05, 0.1) is 19.8 Å². The summed E-state index contributed by atoms with van der Waals surface area (Å²) < 4.78 is 53.3. The Morgan fingerprint density at radius 3 is 2.14 bits per heavy atom. The van der Waals surface area contributed by atoms with E-state index in [1.807, 2.05) is 0 Å². The van der Waals surface area contributed by atoms with Crippen molar-refractivity contribution in [3.05, 3.63) is 0 Å². The molecule has 1 saturated heterocycles. The molecule has 0 bridgehead atoms. The monoisotopic (exact) mass is 308 g/mol. The van der Waals surface area contributed by atoms with E-state index in [4.69, 9.17) is 14.2 Å². The molecule has 0 aromatic carbocycles. The molecule has 2 saturated carbocycles. The summed E-state index contributed by atoms with van der Waals surface area (Å²) in [6.45, 7) is 0.317. The van der Waals surface area contributed by atoms with E-state index in [1.165, 1.54) is 12.8 Å². The largest absolute Gasteiger partial charge is 0.411 e. The Bertz CT molecular complexity index is 350. The highest BCUT2D eigenvalue weighted by Crippen LogP contribution is 2.51. The summed E-state index contributed by atoms with van der Waals surface area (Å²) in [6, 6.07) is 0. The Labute approximate surface area is 123 Å². The molecule has 3 rings (SSSR count). The number of hydrogen-bond acceptors (Lipinski definition) is 3. The molecule has 6 heteroatoms. The zero-order valence-electron chi connectivity index (χ0n) is 12.2. The molecule has 0 unspecified atom stereocenters. The molecule has 3 aliphatic rings. The molecule has 0 radical (unpaired) electrons. The van der Waals surface area contributed by atoms with Crippen LogP contribution < -0.4 is 0 Å². The molecule has 1 heterocycles. The van der Waals surface area contributed by atoms with E-state index in [2.05, 4.69) is 0 Å². The fourth-order valence-corrected chi connectivity index (χ4v) is 3.67. The third-order valence-corrected chi connectivity index (χ3v) is 4.98. The maximum Gasteiger partial charge on any atom is 0.411 e. The van der Waals surface area contributed by atoms with Gasteiger partial charge in [-0.2, -0.15) is 13.2 Å². The second-order valence-electron chi connectivity index (χ2n) is 6.86. The predicted molar refractivity (Wildman–Crippen MR) is 69.8 cm³/mol. The van der Waals surface area contributed by atoms with E-state index in [1.54, 1.807) is 0 Å². The summed E-state index contributed by atoms with van der Waals surface area (Å²) >= 11 is 0. The van der Waals surface area contributed by atoms with Gasteiger partial charge in [-0.15, -0.1) is 0 Å². The number of halogens is 3. The van der Waals surface area contributed by atoms with Gasteiger partial charge in [-0.1, -0.05) is 12.8 Å². The first-order valence-electron chi connectivity index (χ1n) is 7.83. The van der Waals surface area contributed by atoms with Gasteiger partial charge in [0, 0.05) is 12.8 Å². The van der Waals surface area contributed by atoms with E-state index in [-0.39, 0.29) is 12.0 Å². The minimum Gasteiger partial charge on any atom is -0.371 e. The maximum atomic E-state index is 12.3. The summed E-state index contributed by atoms with van der Waals surface area (Å²) in [4.78, 5) is 0. The summed E-state index contributed by atoms with van der Waals surface area (Å²) in [5, 5.41) is 0. The zero-order valence-corrected chi connectivity index (χ0v) is 12.2. The molecule has 1 aliphatic heterocycles. The average Bonchev–Trinajstić information content (AvgIpc) is 3.10. The van der Waals surface area contributed by atoms with Crippen LogP contribution >= 0.6 is 0 Å². The molecule has 21 heavy (non-hydrogen) atoms. The maximum absolute atomic E-state index is 12.3. The van der Waals surface area contributed by atoms with Gasteiger partial charge in [-0.3, -0.25) is 0 Å². The Morgan fingerprint density at radius 2 is 1.62 bits per heavy atom. The van der Waals surface area contributed by atoms with Crippen molar-refractivity contribution in [2.75, 3.05) is 26.4 Å². The fraction of sp³-hybridized carbons (Fsp3) is 1.00. The van der Waals surface area contributed by atoms with Crippen molar-refractivity contribution < 1.29 is 27.4 Å². The molecule has 0 aromatic heterocycles. The zero-order chi connectivity index (χ0) is 15.0. The molecule has 0 aromatic rings. The van der Waals surface area contributed by atoms with E-state index in [9.17, 15) is 13.2 Å². The minimum absolute atomic E-state index is 0.118. The van der Waals surface area contributed by atoms with Crippen LogP contribution in [0.5, 0.6) is 0 Å². The van der Waals surface area contributed by atoms with Crippen LogP contribution in [0.4, 0.5) is 13.2 Å². The van der Waals surface area contributed by atoms with Crippen LogP contribution in [-0.2, 0) is 14.2 Å². The van der Waals surface area contributed by atoms with Gasteiger partial charge < -0.3 is 14.2 Å². The molecule has 3 nitrogen and oxygen atoms in total.